The van der Waals surface area contributed by atoms with Gasteiger partial charge in [-0.05, 0) is 43.5 Å². The molecule has 0 saturated heterocycles. The quantitative estimate of drug-likeness (QED) is 0.655. The maximum absolute atomic E-state index is 13.1. The lowest BCUT2D eigenvalue weighted by Gasteiger charge is -2.18. The van der Waals surface area contributed by atoms with Gasteiger partial charge in [0.2, 0.25) is 0 Å². The van der Waals surface area contributed by atoms with Crippen LogP contribution in [0.1, 0.15) is 28.3 Å². The fourth-order valence-electron chi connectivity index (χ4n) is 2.39. The first kappa shape index (κ1) is 15.2. The summed E-state index contributed by atoms with van der Waals surface area (Å²) in [5, 5.41) is 0. The molecule has 0 bridgehead atoms. The Morgan fingerprint density at radius 3 is 2.35 bits per heavy atom. The zero-order chi connectivity index (χ0) is 14.7. The summed E-state index contributed by atoms with van der Waals surface area (Å²) in [5.74, 6) is 5.45. The first-order valence-corrected chi connectivity index (χ1v) is 7.27. The fourth-order valence-corrected chi connectivity index (χ4v) is 2.90. The molecule has 0 fully saturated rings. The molecule has 0 radical (unpaired) electrons. The third-order valence-electron chi connectivity index (χ3n) is 3.29. The van der Waals surface area contributed by atoms with Gasteiger partial charge in [-0.15, -0.1) is 0 Å². The maximum Gasteiger partial charge on any atom is 0.124 e. The minimum atomic E-state index is -0.246. The summed E-state index contributed by atoms with van der Waals surface area (Å²) < 4.78 is 13.9. The molecule has 2 aromatic carbocycles. The number of rotatable bonds is 4. The molecule has 3 N–H and O–H groups in total. The minimum absolute atomic E-state index is 0.00430. The van der Waals surface area contributed by atoms with Crippen LogP contribution >= 0.6 is 15.9 Å². The Hall–Kier alpha value is -1.23. The van der Waals surface area contributed by atoms with Crippen LogP contribution in [0.3, 0.4) is 0 Å². The number of benzene rings is 2. The second kappa shape index (κ2) is 6.48. The normalized spacial score (nSPS) is 12.4. The first-order chi connectivity index (χ1) is 9.49. The van der Waals surface area contributed by atoms with Crippen LogP contribution in [0.2, 0.25) is 0 Å². The maximum atomic E-state index is 13.1. The van der Waals surface area contributed by atoms with E-state index in [1.54, 1.807) is 6.07 Å². The molecular weight excluding hydrogens is 319 g/mol. The third kappa shape index (κ3) is 3.66. The number of nitrogens with two attached hydrogens (primary N) is 1. The van der Waals surface area contributed by atoms with Gasteiger partial charge in [0.1, 0.15) is 5.82 Å². The standard InChI is InChI=1S/C16H18BrFN2/c1-10-5-11(2)7-13(6-10)16(20-19)8-12-3-4-14(18)9-15(12)17/h3-7,9,16,20H,8,19H2,1-2H3. The highest BCUT2D eigenvalue weighted by Gasteiger charge is 2.13. The first-order valence-electron chi connectivity index (χ1n) is 6.48. The average molecular weight is 337 g/mol. The summed E-state index contributed by atoms with van der Waals surface area (Å²) in [6.45, 7) is 4.13. The molecule has 1 atom stereocenters. The van der Waals surface area contributed by atoms with Crippen molar-refractivity contribution in [1.29, 1.82) is 0 Å². The van der Waals surface area contributed by atoms with E-state index in [0.717, 1.165) is 15.6 Å². The fraction of sp³-hybridized carbons (Fsp3) is 0.250. The Balaban J connectivity index is 2.28. The van der Waals surface area contributed by atoms with Gasteiger partial charge < -0.3 is 0 Å². The van der Waals surface area contributed by atoms with Crippen molar-refractivity contribution in [2.45, 2.75) is 26.3 Å². The largest absolute Gasteiger partial charge is 0.271 e. The molecule has 0 spiro atoms. The summed E-state index contributed by atoms with van der Waals surface area (Å²) in [5.41, 5.74) is 7.42. The van der Waals surface area contributed by atoms with Crippen molar-refractivity contribution in [2.24, 2.45) is 5.84 Å². The summed E-state index contributed by atoms with van der Waals surface area (Å²) in [4.78, 5) is 0. The van der Waals surface area contributed by atoms with Crippen molar-refractivity contribution in [3.8, 4) is 0 Å². The predicted octanol–water partition coefficient (Wildman–Crippen LogP) is 3.95. The van der Waals surface area contributed by atoms with Crippen molar-refractivity contribution in [3.05, 3.63) is 68.9 Å². The van der Waals surface area contributed by atoms with Gasteiger partial charge in [-0.25, -0.2) is 4.39 Å². The zero-order valence-electron chi connectivity index (χ0n) is 11.6. The summed E-state index contributed by atoms with van der Waals surface area (Å²) in [7, 11) is 0. The molecule has 2 nitrogen and oxygen atoms in total. The van der Waals surface area contributed by atoms with Crippen molar-refractivity contribution >= 4 is 15.9 Å². The molecule has 20 heavy (non-hydrogen) atoms. The third-order valence-corrected chi connectivity index (χ3v) is 4.02. The van der Waals surface area contributed by atoms with E-state index in [9.17, 15) is 4.39 Å². The van der Waals surface area contributed by atoms with Crippen LogP contribution in [0.15, 0.2) is 40.9 Å². The molecule has 4 heteroatoms. The SMILES string of the molecule is Cc1cc(C)cc(C(Cc2ccc(F)cc2Br)NN)c1. The molecule has 0 saturated carbocycles. The highest BCUT2D eigenvalue weighted by Crippen LogP contribution is 2.25. The van der Waals surface area contributed by atoms with Crippen molar-refractivity contribution < 1.29 is 4.39 Å². The number of halogens is 2. The summed E-state index contributed by atoms with van der Waals surface area (Å²) in [6.07, 6.45) is 0.695. The molecule has 0 aliphatic rings. The molecule has 106 valence electrons. The van der Waals surface area contributed by atoms with Crippen LogP contribution < -0.4 is 11.3 Å². The van der Waals surface area contributed by atoms with E-state index in [2.05, 4.69) is 53.4 Å². The van der Waals surface area contributed by atoms with Crippen LogP contribution in [0.25, 0.3) is 0 Å². The van der Waals surface area contributed by atoms with Crippen LogP contribution in [0.5, 0.6) is 0 Å². The Kier molecular flexibility index (Phi) is 4.91. The number of aryl methyl sites for hydroxylation is 2. The Labute approximate surface area is 127 Å². The van der Waals surface area contributed by atoms with Gasteiger partial charge in [-0.2, -0.15) is 0 Å². The highest BCUT2D eigenvalue weighted by atomic mass is 79.9. The van der Waals surface area contributed by atoms with Gasteiger partial charge in [0, 0.05) is 4.47 Å². The molecule has 2 rings (SSSR count). The Morgan fingerprint density at radius 2 is 1.80 bits per heavy atom. The van der Waals surface area contributed by atoms with Crippen molar-refractivity contribution in [3.63, 3.8) is 0 Å². The predicted molar refractivity (Wildman–Crippen MR) is 83.8 cm³/mol. The van der Waals surface area contributed by atoms with Gasteiger partial charge in [0.15, 0.2) is 0 Å². The molecule has 0 aliphatic carbocycles. The lowest BCUT2D eigenvalue weighted by atomic mass is 9.96. The molecule has 1 unspecified atom stereocenters. The van der Waals surface area contributed by atoms with E-state index in [-0.39, 0.29) is 11.9 Å². The topological polar surface area (TPSA) is 38.0 Å². The smallest absolute Gasteiger partial charge is 0.124 e. The van der Waals surface area contributed by atoms with E-state index >= 15 is 0 Å². The second-order valence-corrected chi connectivity index (χ2v) is 5.93. The van der Waals surface area contributed by atoms with Crippen LogP contribution in [-0.4, -0.2) is 0 Å². The van der Waals surface area contributed by atoms with Gasteiger partial charge in [0.25, 0.3) is 0 Å². The highest BCUT2D eigenvalue weighted by molar-refractivity contribution is 9.10. The van der Waals surface area contributed by atoms with E-state index in [1.807, 2.05) is 0 Å². The van der Waals surface area contributed by atoms with Crippen LogP contribution in [-0.2, 0) is 6.42 Å². The van der Waals surface area contributed by atoms with Gasteiger partial charge in [-0.3, -0.25) is 11.3 Å². The number of hydrogen-bond acceptors (Lipinski definition) is 2. The number of hydrogen-bond donors (Lipinski definition) is 2. The molecule has 2 aromatic rings. The summed E-state index contributed by atoms with van der Waals surface area (Å²) in [6, 6.07) is 11.1. The van der Waals surface area contributed by atoms with Crippen LogP contribution in [0.4, 0.5) is 4.39 Å². The molecular formula is C16H18BrFN2. The molecule has 0 aliphatic heterocycles. The summed E-state index contributed by atoms with van der Waals surface area (Å²) >= 11 is 3.40. The molecule has 0 amide bonds. The van der Waals surface area contributed by atoms with Crippen LogP contribution in [0, 0.1) is 19.7 Å². The Morgan fingerprint density at radius 1 is 1.15 bits per heavy atom. The molecule has 0 aromatic heterocycles. The van der Waals surface area contributed by atoms with Gasteiger partial charge in [-0.1, -0.05) is 51.3 Å². The lowest BCUT2D eigenvalue weighted by Crippen LogP contribution is -2.29. The second-order valence-electron chi connectivity index (χ2n) is 5.08. The van der Waals surface area contributed by atoms with Gasteiger partial charge in [0.05, 0.1) is 6.04 Å². The zero-order valence-corrected chi connectivity index (χ0v) is 13.2. The van der Waals surface area contributed by atoms with Crippen molar-refractivity contribution in [2.75, 3.05) is 0 Å². The number of hydrazine groups is 1. The minimum Gasteiger partial charge on any atom is -0.271 e. The van der Waals surface area contributed by atoms with E-state index in [1.165, 1.54) is 23.3 Å². The van der Waals surface area contributed by atoms with Gasteiger partial charge >= 0.3 is 0 Å². The van der Waals surface area contributed by atoms with E-state index < -0.39 is 0 Å². The van der Waals surface area contributed by atoms with E-state index in [0.29, 0.717) is 6.42 Å². The lowest BCUT2D eigenvalue weighted by molar-refractivity contribution is 0.549. The Bertz CT molecular complexity index is 593. The molecule has 0 heterocycles. The number of nitrogens with one attached hydrogen (secondary N) is 1. The van der Waals surface area contributed by atoms with E-state index in [4.69, 9.17) is 5.84 Å². The monoisotopic (exact) mass is 336 g/mol. The average Bonchev–Trinajstić information content (AvgIpc) is 2.36. The van der Waals surface area contributed by atoms with Crippen molar-refractivity contribution in [1.82, 2.24) is 5.43 Å².